The number of ether oxygens (including phenoxy) is 2. The van der Waals surface area contributed by atoms with Gasteiger partial charge in [-0.25, -0.2) is 4.39 Å². The fraction of sp³-hybridized carbons (Fsp3) is 0.333. The van der Waals surface area contributed by atoms with Crippen molar-refractivity contribution in [3.63, 3.8) is 0 Å². The zero-order valence-corrected chi connectivity index (χ0v) is 7.00. The first kappa shape index (κ1) is 8.31. The van der Waals surface area contributed by atoms with E-state index in [1.54, 1.807) is 6.07 Å². The molecule has 1 atom stereocenters. The third kappa shape index (κ3) is 1.58. The van der Waals surface area contributed by atoms with Crippen molar-refractivity contribution in [3.05, 3.63) is 24.0 Å². The maximum absolute atomic E-state index is 12.7. The summed E-state index contributed by atoms with van der Waals surface area (Å²) in [6.07, 6.45) is 0.248. The molecule has 0 aliphatic carbocycles. The Kier molecular flexibility index (Phi) is 2.06. The lowest BCUT2D eigenvalue weighted by molar-refractivity contribution is 0.0442. The minimum absolute atomic E-state index is 0.323. The first-order valence-corrected chi connectivity index (χ1v) is 4.12. The second kappa shape index (κ2) is 3.22. The summed E-state index contributed by atoms with van der Waals surface area (Å²) in [5.41, 5.74) is 5.34. The molecule has 13 heavy (non-hydrogen) atoms. The molecule has 1 heterocycles. The average molecular weight is 183 g/mol. The van der Waals surface area contributed by atoms with Crippen LogP contribution in [0.15, 0.2) is 18.2 Å². The summed E-state index contributed by atoms with van der Waals surface area (Å²) in [5, 5.41) is 0. The van der Waals surface area contributed by atoms with Crippen LogP contribution in [0.1, 0.15) is 6.42 Å². The van der Waals surface area contributed by atoms with Crippen molar-refractivity contribution in [1.82, 2.24) is 0 Å². The molecular formula is C9H10FNO2. The van der Waals surface area contributed by atoms with Gasteiger partial charge in [0.05, 0.1) is 0 Å². The second-order valence-corrected chi connectivity index (χ2v) is 2.83. The molecule has 0 radical (unpaired) electrons. The van der Waals surface area contributed by atoms with Crippen LogP contribution in [0.4, 0.5) is 4.39 Å². The van der Waals surface area contributed by atoms with E-state index in [0.717, 1.165) is 0 Å². The zero-order chi connectivity index (χ0) is 9.26. The first-order valence-electron chi connectivity index (χ1n) is 4.12. The third-order valence-electron chi connectivity index (χ3n) is 1.82. The van der Waals surface area contributed by atoms with Crippen molar-refractivity contribution in [2.75, 3.05) is 6.54 Å². The van der Waals surface area contributed by atoms with Gasteiger partial charge in [-0.05, 0) is 18.7 Å². The smallest absolute Gasteiger partial charge is 0.242 e. The minimum Gasteiger partial charge on any atom is -0.451 e. The van der Waals surface area contributed by atoms with Crippen molar-refractivity contribution in [1.29, 1.82) is 0 Å². The Bertz CT molecular complexity index is 316. The van der Waals surface area contributed by atoms with Gasteiger partial charge < -0.3 is 15.2 Å². The zero-order valence-electron chi connectivity index (χ0n) is 7.00. The molecule has 1 aromatic rings. The van der Waals surface area contributed by atoms with Gasteiger partial charge in [0.15, 0.2) is 11.5 Å². The Morgan fingerprint density at radius 1 is 1.31 bits per heavy atom. The van der Waals surface area contributed by atoms with Crippen LogP contribution in [0.25, 0.3) is 0 Å². The summed E-state index contributed by atoms with van der Waals surface area (Å²) in [5.74, 6) is 0.717. The molecule has 0 saturated carbocycles. The largest absolute Gasteiger partial charge is 0.451 e. The van der Waals surface area contributed by atoms with Crippen molar-refractivity contribution in [3.8, 4) is 11.5 Å². The number of fused-ring (bicyclic) bond motifs is 1. The topological polar surface area (TPSA) is 44.5 Å². The summed E-state index contributed by atoms with van der Waals surface area (Å²) in [7, 11) is 0. The maximum atomic E-state index is 12.7. The van der Waals surface area contributed by atoms with E-state index in [1.807, 2.05) is 0 Å². The number of rotatable bonds is 2. The van der Waals surface area contributed by atoms with Crippen LogP contribution >= 0.6 is 0 Å². The van der Waals surface area contributed by atoms with E-state index in [0.29, 0.717) is 24.5 Å². The molecule has 2 N–H and O–H groups in total. The molecule has 70 valence electrons. The van der Waals surface area contributed by atoms with E-state index >= 15 is 0 Å². The fourth-order valence-corrected chi connectivity index (χ4v) is 1.23. The molecule has 0 saturated heterocycles. The van der Waals surface area contributed by atoms with Gasteiger partial charge in [0.25, 0.3) is 0 Å². The summed E-state index contributed by atoms with van der Waals surface area (Å²) in [6, 6.07) is 4.21. The summed E-state index contributed by atoms with van der Waals surface area (Å²) < 4.78 is 23.3. The molecule has 1 aliphatic heterocycles. The molecule has 0 fully saturated rings. The van der Waals surface area contributed by atoms with Crippen molar-refractivity contribution >= 4 is 0 Å². The molecule has 1 aliphatic rings. The highest BCUT2D eigenvalue weighted by Crippen LogP contribution is 2.35. The molecule has 0 amide bonds. The number of hydrogen-bond acceptors (Lipinski definition) is 3. The Hall–Kier alpha value is -1.29. The molecule has 0 bridgehead atoms. The van der Waals surface area contributed by atoms with Gasteiger partial charge in [0, 0.05) is 12.5 Å². The monoisotopic (exact) mass is 183 g/mol. The molecular weight excluding hydrogens is 173 g/mol. The molecule has 0 spiro atoms. The van der Waals surface area contributed by atoms with Crippen LogP contribution in [0.2, 0.25) is 0 Å². The Labute approximate surface area is 75.3 Å². The van der Waals surface area contributed by atoms with E-state index in [1.165, 1.54) is 12.1 Å². The highest BCUT2D eigenvalue weighted by atomic mass is 19.1. The van der Waals surface area contributed by atoms with Gasteiger partial charge >= 0.3 is 0 Å². The number of nitrogens with two attached hydrogens (primary N) is 1. The molecule has 1 unspecified atom stereocenters. The van der Waals surface area contributed by atoms with Gasteiger partial charge in [-0.3, -0.25) is 0 Å². The third-order valence-corrected chi connectivity index (χ3v) is 1.82. The summed E-state index contributed by atoms with van der Waals surface area (Å²) >= 11 is 0. The van der Waals surface area contributed by atoms with Crippen molar-refractivity contribution < 1.29 is 13.9 Å². The average Bonchev–Trinajstić information content (AvgIpc) is 2.46. The lowest BCUT2D eigenvalue weighted by Gasteiger charge is -2.07. The van der Waals surface area contributed by atoms with Crippen LogP contribution in [-0.4, -0.2) is 12.8 Å². The normalized spacial score (nSPS) is 19.1. The SMILES string of the molecule is NCCC1Oc2ccc(F)cc2O1. The van der Waals surface area contributed by atoms with Gasteiger partial charge in [-0.15, -0.1) is 0 Å². The standard InChI is InChI=1S/C9H10FNO2/c10-6-1-2-7-8(5-6)13-9(12-7)3-4-11/h1-2,5,9H,3-4,11H2. The highest BCUT2D eigenvalue weighted by Gasteiger charge is 2.23. The van der Waals surface area contributed by atoms with E-state index in [2.05, 4.69) is 0 Å². The van der Waals surface area contributed by atoms with E-state index in [-0.39, 0.29) is 12.1 Å². The minimum atomic E-state index is -0.359. The molecule has 4 heteroatoms. The Morgan fingerprint density at radius 3 is 2.85 bits per heavy atom. The fourth-order valence-electron chi connectivity index (χ4n) is 1.23. The van der Waals surface area contributed by atoms with E-state index in [9.17, 15) is 4.39 Å². The molecule has 0 aromatic heterocycles. The number of halogens is 1. The maximum Gasteiger partial charge on any atom is 0.242 e. The number of hydrogen-bond donors (Lipinski definition) is 1. The van der Waals surface area contributed by atoms with E-state index in [4.69, 9.17) is 15.2 Å². The van der Waals surface area contributed by atoms with Gasteiger partial charge in [-0.2, -0.15) is 0 Å². The second-order valence-electron chi connectivity index (χ2n) is 2.83. The number of benzene rings is 1. The molecule has 3 nitrogen and oxygen atoms in total. The van der Waals surface area contributed by atoms with Crippen LogP contribution in [-0.2, 0) is 0 Å². The van der Waals surface area contributed by atoms with Crippen LogP contribution in [0.3, 0.4) is 0 Å². The van der Waals surface area contributed by atoms with Crippen molar-refractivity contribution in [2.24, 2.45) is 5.73 Å². The van der Waals surface area contributed by atoms with E-state index < -0.39 is 0 Å². The van der Waals surface area contributed by atoms with Crippen LogP contribution < -0.4 is 15.2 Å². The highest BCUT2D eigenvalue weighted by molar-refractivity contribution is 5.42. The summed E-state index contributed by atoms with van der Waals surface area (Å²) in [6.45, 7) is 0.487. The quantitative estimate of drug-likeness (QED) is 0.751. The predicted octanol–water partition coefficient (Wildman–Crippen LogP) is 1.27. The van der Waals surface area contributed by atoms with Gasteiger partial charge in [0.2, 0.25) is 6.29 Å². The van der Waals surface area contributed by atoms with Gasteiger partial charge in [0.1, 0.15) is 5.82 Å². The van der Waals surface area contributed by atoms with Crippen LogP contribution in [0.5, 0.6) is 11.5 Å². The molecule has 2 rings (SSSR count). The Balaban J connectivity index is 2.16. The Morgan fingerprint density at radius 2 is 2.08 bits per heavy atom. The van der Waals surface area contributed by atoms with Crippen LogP contribution in [0, 0.1) is 5.82 Å². The lowest BCUT2D eigenvalue weighted by atomic mass is 10.3. The summed E-state index contributed by atoms with van der Waals surface area (Å²) in [4.78, 5) is 0. The first-order chi connectivity index (χ1) is 6.29. The predicted molar refractivity (Wildman–Crippen MR) is 45.1 cm³/mol. The lowest BCUT2D eigenvalue weighted by Crippen LogP contribution is -2.21. The van der Waals surface area contributed by atoms with Crippen molar-refractivity contribution in [2.45, 2.75) is 12.7 Å². The molecule has 1 aromatic carbocycles. The van der Waals surface area contributed by atoms with Gasteiger partial charge in [-0.1, -0.05) is 0 Å².